The fourth-order valence-corrected chi connectivity index (χ4v) is 3.12. The van der Waals surface area contributed by atoms with E-state index in [4.69, 9.17) is 0 Å². The van der Waals surface area contributed by atoms with Crippen LogP contribution in [0.5, 0.6) is 0 Å². The summed E-state index contributed by atoms with van der Waals surface area (Å²) in [4.78, 5) is 34.5. The molecule has 2 aliphatic rings. The molecule has 1 aliphatic carbocycles. The van der Waals surface area contributed by atoms with Gasteiger partial charge in [-0.2, -0.15) is 5.10 Å². The van der Waals surface area contributed by atoms with Crippen LogP contribution in [0.3, 0.4) is 0 Å². The van der Waals surface area contributed by atoms with Crippen LogP contribution < -0.4 is 21.5 Å². The molecule has 0 spiro atoms. The highest BCUT2D eigenvalue weighted by molar-refractivity contribution is 5.88. The third-order valence-corrected chi connectivity index (χ3v) is 4.74. The van der Waals surface area contributed by atoms with E-state index >= 15 is 0 Å². The first kappa shape index (κ1) is 18.9. The van der Waals surface area contributed by atoms with E-state index in [0.717, 1.165) is 12.1 Å². The van der Waals surface area contributed by atoms with Crippen LogP contribution in [-0.2, 0) is 10.3 Å². The standard InChI is InChI=1S/C20H25N5O2/c1-5-6-11-21-14(4)23-19(27)20(9-10-20)25-18(26)15-8-7-12-22-17(15)16(24-25)13(2)3/h5-6,8,11,13H,4,7,9-10,12H2,1-3H3,(H,23,27)/b6-5-,21-11?. The van der Waals surface area contributed by atoms with Gasteiger partial charge in [-0.05, 0) is 38.2 Å². The first-order valence-electron chi connectivity index (χ1n) is 9.25. The van der Waals surface area contributed by atoms with E-state index in [0.29, 0.717) is 30.0 Å². The van der Waals surface area contributed by atoms with E-state index in [9.17, 15) is 9.59 Å². The van der Waals surface area contributed by atoms with Crippen LogP contribution in [0.1, 0.15) is 51.6 Å². The maximum atomic E-state index is 13.0. The van der Waals surface area contributed by atoms with Crippen LogP contribution in [0.2, 0.25) is 0 Å². The quantitative estimate of drug-likeness (QED) is 0.758. The lowest BCUT2D eigenvalue weighted by molar-refractivity contribution is -0.125. The van der Waals surface area contributed by atoms with Gasteiger partial charge in [0.2, 0.25) is 0 Å². The number of allylic oxidation sites excluding steroid dienone is 2. The molecule has 1 amide bonds. The molecule has 0 saturated heterocycles. The molecule has 27 heavy (non-hydrogen) atoms. The molecule has 1 fully saturated rings. The minimum atomic E-state index is -0.972. The minimum absolute atomic E-state index is 0.0973. The van der Waals surface area contributed by atoms with Gasteiger partial charge < -0.3 is 5.32 Å². The maximum absolute atomic E-state index is 13.0. The first-order chi connectivity index (χ1) is 12.9. The average molecular weight is 367 g/mol. The highest BCUT2D eigenvalue weighted by atomic mass is 16.2. The average Bonchev–Trinajstić information content (AvgIpc) is 3.44. The van der Waals surface area contributed by atoms with Crippen molar-refractivity contribution >= 4 is 18.2 Å². The van der Waals surface area contributed by atoms with Crippen molar-refractivity contribution in [2.75, 3.05) is 6.54 Å². The SMILES string of the molecule is C=C(N=C/C=C\C)NC(=O)C1(n2nc(C(C)C)c3c(c2=O)=CCCN=3)CC1. The molecule has 1 saturated carbocycles. The van der Waals surface area contributed by atoms with Crippen LogP contribution in [0.25, 0.3) is 6.08 Å². The summed E-state index contributed by atoms with van der Waals surface area (Å²) in [5, 5.41) is 8.51. The van der Waals surface area contributed by atoms with Gasteiger partial charge in [-0.1, -0.05) is 32.6 Å². The van der Waals surface area contributed by atoms with Crippen LogP contribution >= 0.6 is 0 Å². The van der Waals surface area contributed by atoms with Crippen molar-refractivity contribution in [3.05, 3.63) is 51.2 Å². The number of fused-ring (bicyclic) bond motifs is 1. The second-order valence-electron chi connectivity index (χ2n) is 7.13. The molecule has 7 nitrogen and oxygen atoms in total. The zero-order valence-electron chi connectivity index (χ0n) is 16.0. The molecular formula is C20H25N5O2. The minimum Gasteiger partial charge on any atom is -0.309 e. The number of aromatic nitrogens is 2. The summed E-state index contributed by atoms with van der Waals surface area (Å²) in [5.74, 6) is 0.0308. The Labute approximate surface area is 157 Å². The van der Waals surface area contributed by atoms with E-state index in [-0.39, 0.29) is 23.2 Å². The monoisotopic (exact) mass is 367 g/mol. The lowest BCUT2D eigenvalue weighted by atomic mass is 10.1. The second-order valence-corrected chi connectivity index (χ2v) is 7.13. The Bertz CT molecular complexity index is 1010. The predicted molar refractivity (Wildman–Crippen MR) is 105 cm³/mol. The van der Waals surface area contributed by atoms with Crippen LogP contribution in [0.4, 0.5) is 0 Å². The maximum Gasteiger partial charge on any atom is 0.276 e. The largest absolute Gasteiger partial charge is 0.309 e. The fraction of sp³-hybridized carbons (Fsp3) is 0.450. The summed E-state index contributed by atoms with van der Waals surface area (Å²) in [7, 11) is 0. The Kier molecular flexibility index (Phi) is 5.21. The highest BCUT2D eigenvalue weighted by Crippen LogP contribution is 2.42. The first-order valence-corrected chi connectivity index (χ1v) is 9.25. The third-order valence-electron chi connectivity index (χ3n) is 4.74. The van der Waals surface area contributed by atoms with Crippen molar-refractivity contribution in [1.82, 2.24) is 15.1 Å². The number of carbonyl (C=O) groups is 1. The Morgan fingerprint density at radius 1 is 1.44 bits per heavy atom. The number of aliphatic imine (C=N–C) groups is 1. The van der Waals surface area contributed by atoms with E-state index in [1.807, 2.05) is 32.9 Å². The number of hydrogen-bond acceptors (Lipinski definition) is 5. The number of nitrogens with zero attached hydrogens (tertiary/aromatic N) is 4. The normalized spacial score (nSPS) is 17.5. The van der Waals surface area contributed by atoms with Crippen LogP contribution in [0, 0.1) is 0 Å². The zero-order chi connectivity index (χ0) is 19.6. The molecule has 0 bridgehead atoms. The number of rotatable bonds is 6. The summed E-state index contributed by atoms with van der Waals surface area (Å²) in [6, 6.07) is 0. The molecule has 1 aromatic heterocycles. The van der Waals surface area contributed by atoms with Gasteiger partial charge in [0.15, 0.2) is 0 Å². The van der Waals surface area contributed by atoms with Crippen molar-refractivity contribution in [1.29, 1.82) is 0 Å². The van der Waals surface area contributed by atoms with Gasteiger partial charge in [-0.15, -0.1) is 0 Å². The van der Waals surface area contributed by atoms with E-state index < -0.39 is 5.54 Å². The van der Waals surface area contributed by atoms with Gasteiger partial charge in [0.25, 0.3) is 11.5 Å². The van der Waals surface area contributed by atoms with Crippen LogP contribution in [-0.4, -0.2) is 28.4 Å². The van der Waals surface area contributed by atoms with Gasteiger partial charge in [0.05, 0.1) is 16.3 Å². The molecule has 0 aromatic carbocycles. The Balaban J connectivity index is 2.01. The number of carbonyl (C=O) groups excluding carboxylic acids is 1. The van der Waals surface area contributed by atoms with Gasteiger partial charge in [0, 0.05) is 12.8 Å². The van der Waals surface area contributed by atoms with Crippen LogP contribution in [0.15, 0.2) is 39.3 Å². The van der Waals surface area contributed by atoms with Gasteiger partial charge in [0.1, 0.15) is 11.4 Å². The van der Waals surface area contributed by atoms with E-state index in [1.165, 1.54) is 4.68 Å². The number of amides is 1. The van der Waals surface area contributed by atoms with Gasteiger partial charge in [-0.25, -0.2) is 9.67 Å². The Hall–Kier alpha value is -2.83. The molecule has 1 N–H and O–H groups in total. The smallest absolute Gasteiger partial charge is 0.276 e. The molecule has 0 radical (unpaired) electrons. The Morgan fingerprint density at radius 3 is 2.81 bits per heavy atom. The topological polar surface area (TPSA) is 88.7 Å². The molecule has 142 valence electrons. The third kappa shape index (κ3) is 3.54. The second kappa shape index (κ2) is 7.42. The number of nitrogens with one attached hydrogen (secondary N) is 1. The number of hydrogen-bond donors (Lipinski definition) is 1. The molecule has 0 atom stereocenters. The summed E-state index contributed by atoms with van der Waals surface area (Å²) >= 11 is 0. The van der Waals surface area contributed by atoms with Crippen molar-refractivity contribution in [2.45, 2.75) is 51.5 Å². The van der Waals surface area contributed by atoms with Crippen molar-refractivity contribution < 1.29 is 4.79 Å². The molecule has 3 rings (SSSR count). The molecule has 2 heterocycles. The van der Waals surface area contributed by atoms with Gasteiger partial charge in [-0.3, -0.25) is 14.6 Å². The molecule has 1 aliphatic heterocycles. The zero-order valence-corrected chi connectivity index (χ0v) is 16.0. The van der Waals surface area contributed by atoms with Crippen molar-refractivity contribution in [3.8, 4) is 0 Å². The molecule has 7 heteroatoms. The summed E-state index contributed by atoms with van der Waals surface area (Å²) in [6.07, 6.45) is 8.87. The molecule has 0 unspecified atom stereocenters. The summed E-state index contributed by atoms with van der Waals surface area (Å²) in [6.45, 7) is 10.3. The lowest BCUT2D eigenvalue weighted by Crippen LogP contribution is -2.55. The van der Waals surface area contributed by atoms with Gasteiger partial charge >= 0.3 is 0 Å². The lowest BCUT2D eigenvalue weighted by Gasteiger charge is -2.19. The fourth-order valence-electron chi connectivity index (χ4n) is 3.12. The summed E-state index contributed by atoms with van der Waals surface area (Å²) < 4.78 is 1.36. The summed E-state index contributed by atoms with van der Waals surface area (Å²) in [5.41, 5.74) is -0.474. The van der Waals surface area contributed by atoms with E-state index in [2.05, 4.69) is 27.0 Å². The highest BCUT2D eigenvalue weighted by Gasteiger charge is 2.54. The van der Waals surface area contributed by atoms with E-state index in [1.54, 1.807) is 12.3 Å². The molecule has 1 aromatic rings. The molecular weight excluding hydrogens is 342 g/mol. The van der Waals surface area contributed by atoms with Crippen molar-refractivity contribution in [3.63, 3.8) is 0 Å². The van der Waals surface area contributed by atoms with Crippen molar-refractivity contribution in [2.24, 2.45) is 9.98 Å². The Morgan fingerprint density at radius 2 is 2.19 bits per heavy atom. The predicted octanol–water partition coefficient (Wildman–Crippen LogP) is 0.894.